The summed E-state index contributed by atoms with van der Waals surface area (Å²) < 4.78 is 6.00. The van der Waals surface area contributed by atoms with Crippen LogP contribution in [-0.4, -0.2) is 35.9 Å². The standard InChI is InChI=1S/C29H30N4O3/c1-29(2,3)22-7-6-8-23(17-22)31-27(34)20-10-9-19-11-12-24(16-21(19)15-20)36-25-13-14-30-26(18-25)32-28(35)33(4)5/h6-18H,1-5H3,(H,31,34)(H,30,32,35). The lowest BCUT2D eigenvalue weighted by Crippen LogP contribution is -2.27. The molecule has 0 spiro atoms. The van der Waals surface area contributed by atoms with Crippen LogP contribution in [0.3, 0.4) is 0 Å². The van der Waals surface area contributed by atoms with Crippen LogP contribution < -0.4 is 15.4 Å². The van der Waals surface area contributed by atoms with Crippen molar-refractivity contribution in [1.29, 1.82) is 0 Å². The lowest BCUT2D eigenvalue weighted by molar-refractivity contribution is 0.102. The van der Waals surface area contributed by atoms with Gasteiger partial charge in [-0.05, 0) is 64.2 Å². The van der Waals surface area contributed by atoms with Gasteiger partial charge >= 0.3 is 6.03 Å². The smallest absolute Gasteiger partial charge is 0.322 e. The van der Waals surface area contributed by atoms with Crippen LogP contribution in [-0.2, 0) is 5.41 Å². The summed E-state index contributed by atoms with van der Waals surface area (Å²) in [4.78, 5) is 30.5. The van der Waals surface area contributed by atoms with Gasteiger partial charge in [0.05, 0.1) is 0 Å². The molecule has 36 heavy (non-hydrogen) atoms. The first kappa shape index (κ1) is 24.7. The molecule has 0 saturated carbocycles. The van der Waals surface area contributed by atoms with Crippen LogP contribution in [0.5, 0.6) is 11.5 Å². The molecule has 0 saturated heterocycles. The molecular weight excluding hydrogens is 452 g/mol. The van der Waals surface area contributed by atoms with Gasteiger partial charge < -0.3 is 15.0 Å². The number of carbonyl (C=O) groups excluding carboxylic acids is 2. The molecule has 0 unspecified atom stereocenters. The molecule has 3 aromatic carbocycles. The first-order valence-corrected chi connectivity index (χ1v) is 11.7. The van der Waals surface area contributed by atoms with E-state index >= 15 is 0 Å². The van der Waals surface area contributed by atoms with Gasteiger partial charge in [0.25, 0.3) is 5.91 Å². The third kappa shape index (κ3) is 5.99. The van der Waals surface area contributed by atoms with E-state index in [2.05, 4.69) is 42.5 Å². The van der Waals surface area contributed by atoms with Gasteiger partial charge in [0.15, 0.2) is 0 Å². The number of nitrogens with one attached hydrogen (secondary N) is 2. The monoisotopic (exact) mass is 482 g/mol. The van der Waals surface area contributed by atoms with Crippen molar-refractivity contribution >= 4 is 34.2 Å². The summed E-state index contributed by atoms with van der Waals surface area (Å²) in [6.07, 6.45) is 1.57. The van der Waals surface area contributed by atoms with E-state index in [1.165, 1.54) is 4.90 Å². The summed E-state index contributed by atoms with van der Waals surface area (Å²) in [5.41, 5.74) is 2.46. The van der Waals surface area contributed by atoms with Crippen LogP contribution in [0, 0.1) is 0 Å². The highest BCUT2D eigenvalue weighted by atomic mass is 16.5. The molecule has 0 aliphatic carbocycles. The number of nitrogens with zero attached hydrogens (tertiary/aromatic N) is 2. The molecule has 0 aliphatic heterocycles. The van der Waals surface area contributed by atoms with Crippen LogP contribution in [0.15, 0.2) is 79.0 Å². The number of hydrogen-bond donors (Lipinski definition) is 2. The normalized spacial score (nSPS) is 11.1. The van der Waals surface area contributed by atoms with Crippen LogP contribution in [0.2, 0.25) is 0 Å². The Morgan fingerprint density at radius 1 is 0.833 bits per heavy atom. The molecular formula is C29H30N4O3. The van der Waals surface area contributed by atoms with Gasteiger partial charge in [-0.1, -0.05) is 45.0 Å². The molecule has 1 aromatic heterocycles. The summed E-state index contributed by atoms with van der Waals surface area (Å²) in [5, 5.41) is 7.57. The molecule has 184 valence electrons. The minimum Gasteiger partial charge on any atom is -0.457 e. The molecule has 2 N–H and O–H groups in total. The number of urea groups is 1. The summed E-state index contributed by atoms with van der Waals surface area (Å²) >= 11 is 0. The fourth-order valence-corrected chi connectivity index (χ4v) is 3.60. The molecule has 0 fully saturated rings. The van der Waals surface area contributed by atoms with Gasteiger partial charge in [0, 0.05) is 37.6 Å². The average molecular weight is 483 g/mol. The van der Waals surface area contributed by atoms with Crippen molar-refractivity contribution in [3.05, 3.63) is 90.1 Å². The Balaban J connectivity index is 1.52. The van der Waals surface area contributed by atoms with Crippen molar-refractivity contribution in [3.8, 4) is 11.5 Å². The Bertz CT molecular complexity index is 1420. The molecule has 0 atom stereocenters. The fourth-order valence-electron chi connectivity index (χ4n) is 3.60. The molecule has 1 heterocycles. The number of amides is 3. The van der Waals surface area contributed by atoms with Gasteiger partial charge in [-0.3, -0.25) is 10.1 Å². The number of carbonyl (C=O) groups is 2. The highest BCUT2D eigenvalue weighted by molar-refractivity contribution is 6.06. The number of fused-ring (bicyclic) bond motifs is 1. The van der Waals surface area contributed by atoms with Gasteiger partial charge in [-0.25, -0.2) is 9.78 Å². The number of ether oxygens (including phenoxy) is 1. The van der Waals surface area contributed by atoms with Crippen LogP contribution >= 0.6 is 0 Å². The van der Waals surface area contributed by atoms with Crippen LogP contribution in [0.1, 0.15) is 36.7 Å². The zero-order valence-electron chi connectivity index (χ0n) is 21.1. The van der Waals surface area contributed by atoms with Crippen molar-refractivity contribution in [2.75, 3.05) is 24.7 Å². The molecule has 7 heteroatoms. The summed E-state index contributed by atoms with van der Waals surface area (Å²) in [5.74, 6) is 1.35. The van der Waals surface area contributed by atoms with Gasteiger partial charge in [0.2, 0.25) is 0 Å². The van der Waals surface area contributed by atoms with E-state index in [-0.39, 0.29) is 17.4 Å². The van der Waals surface area contributed by atoms with E-state index in [0.29, 0.717) is 22.9 Å². The van der Waals surface area contributed by atoms with E-state index in [9.17, 15) is 9.59 Å². The second kappa shape index (κ2) is 10.1. The van der Waals surface area contributed by atoms with E-state index < -0.39 is 0 Å². The number of rotatable bonds is 5. The number of pyridine rings is 1. The second-order valence-electron chi connectivity index (χ2n) is 9.81. The van der Waals surface area contributed by atoms with Crippen molar-refractivity contribution in [1.82, 2.24) is 9.88 Å². The Hall–Kier alpha value is -4.39. The Labute approximate surface area is 211 Å². The minimum absolute atomic E-state index is 0.00634. The summed E-state index contributed by atoms with van der Waals surface area (Å²) in [6.45, 7) is 6.43. The predicted octanol–water partition coefficient (Wildman–Crippen LogP) is 6.67. The van der Waals surface area contributed by atoms with Crippen LogP contribution in [0.4, 0.5) is 16.3 Å². The van der Waals surface area contributed by atoms with Crippen molar-refractivity contribution < 1.29 is 14.3 Å². The quantitative estimate of drug-likeness (QED) is 0.333. The van der Waals surface area contributed by atoms with E-state index in [0.717, 1.165) is 22.0 Å². The first-order chi connectivity index (χ1) is 17.1. The topological polar surface area (TPSA) is 83.6 Å². The fraction of sp³-hybridized carbons (Fsp3) is 0.207. The Morgan fingerprint density at radius 2 is 1.58 bits per heavy atom. The molecule has 3 amide bonds. The third-order valence-corrected chi connectivity index (χ3v) is 5.67. The van der Waals surface area contributed by atoms with E-state index in [1.54, 1.807) is 32.4 Å². The maximum absolute atomic E-state index is 13.0. The lowest BCUT2D eigenvalue weighted by atomic mass is 9.87. The van der Waals surface area contributed by atoms with Gasteiger partial charge in [-0.15, -0.1) is 0 Å². The number of benzene rings is 3. The average Bonchev–Trinajstić information content (AvgIpc) is 2.83. The van der Waals surface area contributed by atoms with Crippen molar-refractivity contribution in [2.24, 2.45) is 0 Å². The largest absolute Gasteiger partial charge is 0.457 e. The Morgan fingerprint density at radius 3 is 2.33 bits per heavy atom. The molecule has 4 aromatic rings. The predicted molar refractivity (Wildman–Crippen MR) is 144 cm³/mol. The SMILES string of the molecule is CN(C)C(=O)Nc1cc(Oc2ccc3ccc(C(=O)Nc4cccc(C(C)(C)C)c4)cc3c2)ccn1. The highest BCUT2D eigenvalue weighted by Gasteiger charge is 2.15. The minimum atomic E-state index is -0.277. The molecule has 0 radical (unpaired) electrons. The number of aromatic nitrogens is 1. The number of hydrogen-bond acceptors (Lipinski definition) is 4. The highest BCUT2D eigenvalue weighted by Crippen LogP contribution is 2.28. The van der Waals surface area contributed by atoms with E-state index in [1.807, 2.05) is 54.6 Å². The third-order valence-electron chi connectivity index (χ3n) is 5.67. The second-order valence-corrected chi connectivity index (χ2v) is 9.81. The van der Waals surface area contributed by atoms with Crippen LogP contribution in [0.25, 0.3) is 10.8 Å². The summed E-state index contributed by atoms with van der Waals surface area (Å²) in [7, 11) is 3.31. The molecule has 7 nitrogen and oxygen atoms in total. The van der Waals surface area contributed by atoms with E-state index in [4.69, 9.17) is 4.74 Å². The van der Waals surface area contributed by atoms with Crippen molar-refractivity contribution in [2.45, 2.75) is 26.2 Å². The lowest BCUT2D eigenvalue weighted by Gasteiger charge is -2.20. The zero-order chi connectivity index (χ0) is 25.9. The molecule has 4 rings (SSSR count). The zero-order valence-corrected chi connectivity index (χ0v) is 21.1. The molecule has 0 bridgehead atoms. The summed E-state index contributed by atoms with van der Waals surface area (Å²) in [6, 6.07) is 22.3. The Kier molecular flexibility index (Phi) is 6.92. The van der Waals surface area contributed by atoms with Gasteiger partial charge in [0.1, 0.15) is 17.3 Å². The molecule has 0 aliphatic rings. The van der Waals surface area contributed by atoms with Gasteiger partial charge in [-0.2, -0.15) is 0 Å². The maximum atomic E-state index is 13.0. The maximum Gasteiger partial charge on any atom is 0.322 e. The van der Waals surface area contributed by atoms with Crippen molar-refractivity contribution in [3.63, 3.8) is 0 Å². The first-order valence-electron chi connectivity index (χ1n) is 11.7. The number of anilines is 2.